The molecule has 3 aromatic rings. The van der Waals surface area contributed by atoms with Gasteiger partial charge in [0.05, 0.1) is 5.52 Å². The molecule has 5 nitrogen and oxygen atoms in total. The van der Waals surface area contributed by atoms with Crippen molar-refractivity contribution >= 4 is 28.3 Å². The molecule has 1 fully saturated rings. The van der Waals surface area contributed by atoms with Crippen LogP contribution in [0.5, 0.6) is 0 Å². The summed E-state index contributed by atoms with van der Waals surface area (Å²) in [7, 11) is 0. The Morgan fingerprint density at radius 2 is 1.88 bits per heavy atom. The first-order valence-electron chi connectivity index (χ1n) is 8.77. The van der Waals surface area contributed by atoms with Crippen LogP contribution in [0.4, 0.5) is 15.9 Å². The van der Waals surface area contributed by atoms with E-state index >= 15 is 0 Å². The second-order valence-corrected chi connectivity index (χ2v) is 6.44. The Labute approximate surface area is 150 Å². The summed E-state index contributed by atoms with van der Waals surface area (Å²) in [4.78, 5) is 23.4. The molecule has 0 radical (unpaired) electrons. The third-order valence-electron chi connectivity index (χ3n) is 4.62. The molecule has 0 atom stereocenters. The van der Waals surface area contributed by atoms with Gasteiger partial charge in [-0.15, -0.1) is 0 Å². The topological polar surface area (TPSA) is 58.1 Å². The highest BCUT2D eigenvalue weighted by molar-refractivity contribution is 6.05. The third-order valence-corrected chi connectivity index (χ3v) is 4.62. The van der Waals surface area contributed by atoms with Crippen molar-refractivity contribution in [2.24, 2.45) is 0 Å². The molecule has 1 amide bonds. The summed E-state index contributed by atoms with van der Waals surface area (Å²) in [6.07, 6.45) is 5.17. The number of carbonyl (C=O) groups excluding carboxylic acids is 1. The van der Waals surface area contributed by atoms with E-state index in [1.807, 2.05) is 18.2 Å². The fraction of sp³-hybridized carbons (Fsp3) is 0.250. The predicted octanol–water partition coefficient (Wildman–Crippen LogP) is 4.01. The number of nitrogens with zero attached hydrogens (tertiary/aromatic N) is 3. The smallest absolute Gasteiger partial charge is 0.255 e. The van der Waals surface area contributed by atoms with E-state index in [2.05, 4.69) is 20.2 Å². The first-order chi connectivity index (χ1) is 12.7. The van der Waals surface area contributed by atoms with Gasteiger partial charge in [-0.25, -0.2) is 14.4 Å². The molecule has 1 aliphatic rings. The Hall–Kier alpha value is -3.02. The normalized spacial score (nSPS) is 14.4. The van der Waals surface area contributed by atoms with Crippen molar-refractivity contribution in [1.29, 1.82) is 0 Å². The lowest BCUT2D eigenvalue weighted by Crippen LogP contribution is -2.30. The van der Waals surface area contributed by atoms with E-state index in [1.54, 1.807) is 12.4 Å². The maximum absolute atomic E-state index is 13.3. The number of piperidine rings is 1. The Morgan fingerprint density at radius 1 is 1.04 bits per heavy atom. The fourth-order valence-electron chi connectivity index (χ4n) is 3.31. The molecule has 132 valence electrons. The minimum absolute atomic E-state index is 0.279. The zero-order valence-corrected chi connectivity index (χ0v) is 14.3. The number of anilines is 2. The molecule has 0 unspecified atom stereocenters. The monoisotopic (exact) mass is 350 g/mol. The van der Waals surface area contributed by atoms with Gasteiger partial charge in [0.2, 0.25) is 0 Å². The number of amides is 1. The molecule has 2 aromatic carbocycles. The Balaban J connectivity index is 1.60. The molecule has 1 saturated heterocycles. The lowest BCUT2D eigenvalue weighted by atomic mass is 10.1. The maximum atomic E-state index is 13.3. The number of benzene rings is 2. The zero-order valence-electron chi connectivity index (χ0n) is 14.3. The highest BCUT2D eigenvalue weighted by atomic mass is 19.1. The molecule has 2 heterocycles. The van der Waals surface area contributed by atoms with E-state index in [-0.39, 0.29) is 11.5 Å². The average molecular weight is 350 g/mol. The number of carbonyl (C=O) groups is 1. The van der Waals surface area contributed by atoms with E-state index in [0.29, 0.717) is 5.69 Å². The number of hydrogen-bond acceptors (Lipinski definition) is 4. The average Bonchev–Trinajstić information content (AvgIpc) is 2.68. The van der Waals surface area contributed by atoms with Crippen LogP contribution in [-0.4, -0.2) is 29.0 Å². The summed E-state index contributed by atoms with van der Waals surface area (Å²) in [5.41, 5.74) is 1.68. The molecule has 1 aromatic heterocycles. The van der Waals surface area contributed by atoms with E-state index in [4.69, 9.17) is 0 Å². The van der Waals surface area contributed by atoms with Gasteiger partial charge in [-0.1, -0.05) is 6.07 Å². The largest absolute Gasteiger partial charge is 0.356 e. The van der Waals surface area contributed by atoms with Crippen molar-refractivity contribution in [3.63, 3.8) is 0 Å². The second kappa shape index (κ2) is 7.07. The maximum Gasteiger partial charge on any atom is 0.255 e. The first kappa shape index (κ1) is 16.4. The molecular weight excluding hydrogens is 331 g/mol. The standard InChI is InChI=1S/C20H19FN4O/c21-15-6-4-5-14(11-15)20(26)24-16-7-8-17-18(12-16)22-13-23-19(17)25-9-2-1-3-10-25/h4-8,11-13H,1-3,9-10H2,(H,24,26). The van der Waals surface area contributed by atoms with Crippen molar-refractivity contribution in [1.82, 2.24) is 9.97 Å². The summed E-state index contributed by atoms with van der Waals surface area (Å²) >= 11 is 0. The second-order valence-electron chi connectivity index (χ2n) is 6.44. The summed E-state index contributed by atoms with van der Waals surface area (Å²) in [5, 5.41) is 3.77. The van der Waals surface area contributed by atoms with E-state index in [0.717, 1.165) is 29.8 Å². The molecule has 0 saturated carbocycles. The van der Waals surface area contributed by atoms with Crippen LogP contribution in [0.25, 0.3) is 10.9 Å². The van der Waals surface area contributed by atoms with Gasteiger partial charge in [-0.05, 0) is 55.7 Å². The fourth-order valence-corrected chi connectivity index (χ4v) is 3.31. The van der Waals surface area contributed by atoms with Gasteiger partial charge in [-0.3, -0.25) is 4.79 Å². The van der Waals surface area contributed by atoms with Crippen LogP contribution in [-0.2, 0) is 0 Å². The molecule has 6 heteroatoms. The van der Waals surface area contributed by atoms with Crippen LogP contribution in [0, 0.1) is 5.82 Å². The van der Waals surface area contributed by atoms with Crippen LogP contribution in [0.1, 0.15) is 29.6 Å². The summed E-state index contributed by atoms with van der Waals surface area (Å²) < 4.78 is 13.3. The van der Waals surface area contributed by atoms with E-state index < -0.39 is 5.82 Å². The number of hydrogen-bond donors (Lipinski definition) is 1. The van der Waals surface area contributed by atoms with Crippen molar-refractivity contribution in [2.45, 2.75) is 19.3 Å². The molecular formula is C20H19FN4O. The number of fused-ring (bicyclic) bond motifs is 1. The van der Waals surface area contributed by atoms with Gasteiger partial charge in [0, 0.05) is 29.7 Å². The van der Waals surface area contributed by atoms with E-state index in [1.165, 1.54) is 37.5 Å². The molecule has 1 aliphatic heterocycles. The molecule has 26 heavy (non-hydrogen) atoms. The number of rotatable bonds is 3. The van der Waals surface area contributed by atoms with Crippen LogP contribution < -0.4 is 10.2 Å². The van der Waals surface area contributed by atoms with Crippen LogP contribution >= 0.6 is 0 Å². The van der Waals surface area contributed by atoms with Gasteiger partial charge in [-0.2, -0.15) is 0 Å². The number of nitrogens with one attached hydrogen (secondary N) is 1. The highest BCUT2D eigenvalue weighted by Crippen LogP contribution is 2.27. The molecule has 0 spiro atoms. The van der Waals surface area contributed by atoms with Crippen LogP contribution in [0.15, 0.2) is 48.8 Å². The van der Waals surface area contributed by atoms with Crippen molar-refractivity contribution in [2.75, 3.05) is 23.3 Å². The van der Waals surface area contributed by atoms with Crippen LogP contribution in [0.2, 0.25) is 0 Å². The lowest BCUT2D eigenvalue weighted by Gasteiger charge is -2.28. The van der Waals surface area contributed by atoms with Crippen LogP contribution in [0.3, 0.4) is 0 Å². The van der Waals surface area contributed by atoms with Gasteiger partial charge < -0.3 is 10.2 Å². The molecule has 0 bridgehead atoms. The quantitative estimate of drug-likeness (QED) is 0.775. The highest BCUT2D eigenvalue weighted by Gasteiger charge is 2.16. The third kappa shape index (κ3) is 3.35. The van der Waals surface area contributed by atoms with E-state index in [9.17, 15) is 9.18 Å². The number of aromatic nitrogens is 2. The van der Waals surface area contributed by atoms with Crippen molar-refractivity contribution in [3.8, 4) is 0 Å². The summed E-state index contributed by atoms with van der Waals surface area (Å²) in [6, 6.07) is 11.2. The Bertz CT molecular complexity index is 953. The molecule has 0 aliphatic carbocycles. The van der Waals surface area contributed by atoms with Gasteiger partial charge in [0.1, 0.15) is 18.0 Å². The lowest BCUT2D eigenvalue weighted by molar-refractivity contribution is 0.102. The van der Waals surface area contributed by atoms with Gasteiger partial charge in [0.15, 0.2) is 0 Å². The zero-order chi connectivity index (χ0) is 17.9. The summed E-state index contributed by atoms with van der Waals surface area (Å²) in [5.74, 6) is 0.155. The Kier molecular flexibility index (Phi) is 4.48. The van der Waals surface area contributed by atoms with Gasteiger partial charge in [0.25, 0.3) is 5.91 Å². The first-order valence-corrected chi connectivity index (χ1v) is 8.77. The predicted molar refractivity (Wildman–Crippen MR) is 100.0 cm³/mol. The van der Waals surface area contributed by atoms with Gasteiger partial charge >= 0.3 is 0 Å². The minimum Gasteiger partial charge on any atom is -0.356 e. The minimum atomic E-state index is -0.435. The summed E-state index contributed by atoms with van der Waals surface area (Å²) in [6.45, 7) is 2.01. The molecule has 1 N–H and O–H groups in total. The molecule has 4 rings (SSSR count). The Morgan fingerprint density at radius 3 is 2.69 bits per heavy atom. The van der Waals surface area contributed by atoms with Crippen molar-refractivity contribution in [3.05, 3.63) is 60.2 Å². The van der Waals surface area contributed by atoms with Crippen molar-refractivity contribution < 1.29 is 9.18 Å². The SMILES string of the molecule is O=C(Nc1ccc2c(N3CCCCC3)ncnc2c1)c1cccc(F)c1. The number of halogens is 1.